The number of hydrogen-bond donors (Lipinski definition) is 1. The molecule has 1 saturated heterocycles. The first-order valence-corrected chi connectivity index (χ1v) is 6.41. The molecule has 6 heteroatoms. The molecule has 1 amide bonds. The van der Waals surface area contributed by atoms with Gasteiger partial charge in [-0.1, -0.05) is 6.92 Å². The minimum absolute atomic E-state index is 0. The molecule has 1 aliphatic rings. The van der Waals surface area contributed by atoms with E-state index in [4.69, 9.17) is 10.5 Å². The first-order chi connectivity index (χ1) is 7.22. The number of nitrogens with two attached hydrogens (primary N) is 1. The van der Waals surface area contributed by atoms with Crippen LogP contribution in [0, 0.1) is 0 Å². The van der Waals surface area contributed by atoms with E-state index in [0.717, 1.165) is 25.3 Å². The molecule has 0 aliphatic carbocycles. The van der Waals surface area contributed by atoms with Crippen molar-refractivity contribution in [1.29, 1.82) is 0 Å². The van der Waals surface area contributed by atoms with E-state index in [1.807, 2.05) is 16.7 Å². The largest absolute Gasteiger partial charge is 0.370 e. The molecule has 1 fully saturated rings. The van der Waals surface area contributed by atoms with Crippen LogP contribution in [0.3, 0.4) is 0 Å². The van der Waals surface area contributed by atoms with Crippen molar-refractivity contribution in [2.24, 2.45) is 5.73 Å². The second kappa shape index (κ2) is 8.17. The van der Waals surface area contributed by atoms with Crippen molar-refractivity contribution in [2.75, 3.05) is 32.5 Å². The van der Waals surface area contributed by atoms with Crippen molar-refractivity contribution < 1.29 is 9.53 Å². The number of thioether (sulfide) groups is 1. The lowest BCUT2D eigenvalue weighted by Crippen LogP contribution is -2.48. The van der Waals surface area contributed by atoms with E-state index in [-0.39, 0.29) is 24.9 Å². The third kappa shape index (κ3) is 4.13. The molecule has 2 N–H and O–H groups in total. The van der Waals surface area contributed by atoms with Gasteiger partial charge in [0.05, 0.1) is 0 Å². The molecule has 1 aliphatic heterocycles. The average molecular weight is 269 g/mol. The molecule has 0 radical (unpaired) electrons. The molecule has 0 saturated carbocycles. The van der Waals surface area contributed by atoms with Gasteiger partial charge in [-0.25, -0.2) is 0 Å². The predicted octanol–water partition coefficient (Wildman–Crippen LogP) is 0.736. The zero-order valence-electron chi connectivity index (χ0n) is 9.85. The second-order valence-electron chi connectivity index (χ2n) is 3.65. The number of rotatable bonds is 4. The third-order valence-electron chi connectivity index (χ3n) is 2.68. The van der Waals surface area contributed by atoms with Crippen LogP contribution in [-0.4, -0.2) is 54.7 Å². The SMILES string of the molecule is CCC1CN(C(=O)C(CN)OC)CCS1.Cl. The topological polar surface area (TPSA) is 55.6 Å². The Balaban J connectivity index is 0.00000225. The summed E-state index contributed by atoms with van der Waals surface area (Å²) in [5.74, 6) is 1.06. The molecule has 0 spiro atoms. The number of carbonyl (C=O) groups is 1. The van der Waals surface area contributed by atoms with Crippen LogP contribution in [0.4, 0.5) is 0 Å². The van der Waals surface area contributed by atoms with Crippen LogP contribution in [0.1, 0.15) is 13.3 Å². The fraction of sp³-hybridized carbons (Fsp3) is 0.900. The fourth-order valence-electron chi connectivity index (χ4n) is 1.67. The van der Waals surface area contributed by atoms with Gasteiger partial charge in [0.15, 0.2) is 0 Å². The normalized spacial score (nSPS) is 22.4. The van der Waals surface area contributed by atoms with Gasteiger partial charge in [-0.3, -0.25) is 4.79 Å². The average Bonchev–Trinajstić information content (AvgIpc) is 2.30. The molecule has 0 aromatic heterocycles. The standard InChI is InChI=1S/C10H20N2O2S.ClH/c1-3-8-7-12(4-5-15-8)10(13)9(6-11)14-2;/h8-9H,3-7,11H2,1-2H3;1H. The van der Waals surface area contributed by atoms with Crippen LogP contribution in [-0.2, 0) is 9.53 Å². The minimum Gasteiger partial charge on any atom is -0.370 e. The highest BCUT2D eigenvalue weighted by atomic mass is 35.5. The molecule has 1 heterocycles. The second-order valence-corrected chi connectivity index (χ2v) is 5.05. The maximum atomic E-state index is 11.9. The molecular formula is C10H21ClN2O2S. The lowest BCUT2D eigenvalue weighted by Gasteiger charge is -2.33. The van der Waals surface area contributed by atoms with Crippen molar-refractivity contribution in [2.45, 2.75) is 24.7 Å². The van der Waals surface area contributed by atoms with Crippen LogP contribution >= 0.6 is 24.2 Å². The van der Waals surface area contributed by atoms with Crippen molar-refractivity contribution in [3.8, 4) is 0 Å². The van der Waals surface area contributed by atoms with Gasteiger partial charge >= 0.3 is 0 Å². The fourth-order valence-corrected chi connectivity index (χ4v) is 2.85. The van der Waals surface area contributed by atoms with Crippen LogP contribution in [0.5, 0.6) is 0 Å². The molecule has 2 atom stereocenters. The van der Waals surface area contributed by atoms with Gasteiger partial charge < -0.3 is 15.4 Å². The Hall–Kier alpha value is 0.0300. The number of nitrogens with zero attached hydrogens (tertiary/aromatic N) is 1. The summed E-state index contributed by atoms with van der Waals surface area (Å²) in [5.41, 5.74) is 5.48. The Bertz CT molecular complexity index is 215. The van der Waals surface area contributed by atoms with E-state index in [1.54, 1.807) is 0 Å². The number of ether oxygens (including phenoxy) is 1. The van der Waals surface area contributed by atoms with E-state index in [2.05, 4.69) is 6.92 Å². The maximum Gasteiger partial charge on any atom is 0.253 e. The van der Waals surface area contributed by atoms with E-state index >= 15 is 0 Å². The van der Waals surface area contributed by atoms with Crippen LogP contribution < -0.4 is 5.73 Å². The quantitative estimate of drug-likeness (QED) is 0.817. The third-order valence-corrected chi connectivity index (χ3v) is 4.05. The van der Waals surface area contributed by atoms with Crippen LogP contribution in [0.2, 0.25) is 0 Å². The van der Waals surface area contributed by atoms with Crippen LogP contribution in [0.15, 0.2) is 0 Å². The first-order valence-electron chi connectivity index (χ1n) is 5.36. The highest BCUT2D eigenvalue weighted by molar-refractivity contribution is 8.00. The van der Waals surface area contributed by atoms with Crippen molar-refractivity contribution >= 4 is 30.1 Å². The summed E-state index contributed by atoms with van der Waals surface area (Å²) in [6.07, 6.45) is 0.639. The number of hydrogen-bond acceptors (Lipinski definition) is 4. The van der Waals surface area contributed by atoms with Gasteiger partial charge in [-0.2, -0.15) is 11.8 Å². The number of methoxy groups -OCH3 is 1. The summed E-state index contributed by atoms with van der Waals surface area (Å²) in [6.45, 7) is 4.07. The zero-order chi connectivity index (χ0) is 11.3. The highest BCUT2D eigenvalue weighted by Gasteiger charge is 2.27. The van der Waals surface area contributed by atoms with Gasteiger partial charge in [0.1, 0.15) is 6.10 Å². The van der Waals surface area contributed by atoms with Gasteiger partial charge in [-0.15, -0.1) is 12.4 Å². The van der Waals surface area contributed by atoms with Crippen molar-refractivity contribution in [3.63, 3.8) is 0 Å². The van der Waals surface area contributed by atoms with E-state index in [1.165, 1.54) is 7.11 Å². The summed E-state index contributed by atoms with van der Waals surface area (Å²) < 4.78 is 5.06. The lowest BCUT2D eigenvalue weighted by atomic mass is 10.2. The molecular weight excluding hydrogens is 248 g/mol. The Morgan fingerprint density at radius 3 is 2.88 bits per heavy atom. The molecule has 96 valence electrons. The molecule has 4 nitrogen and oxygen atoms in total. The number of halogens is 1. The summed E-state index contributed by atoms with van der Waals surface area (Å²) in [5, 5.41) is 0.568. The van der Waals surface area contributed by atoms with Crippen molar-refractivity contribution in [1.82, 2.24) is 4.90 Å². The summed E-state index contributed by atoms with van der Waals surface area (Å²) in [4.78, 5) is 13.8. The Morgan fingerprint density at radius 2 is 2.38 bits per heavy atom. The van der Waals surface area contributed by atoms with Crippen molar-refractivity contribution in [3.05, 3.63) is 0 Å². The lowest BCUT2D eigenvalue weighted by molar-refractivity contribution is -0.141. The zero-order valence-corrected chi connectivity index (χ0v) is 11.5. The smallest absolute Gasteiger partial charge is 0.253 e. The summed E-state index contributed by atoms with van der Waals surface area (Å²) in [7, 11) is 1.53. The monoisotopic (exact) mass is 268 g/mol. The minimum atomic E-state index is -0.467. The Labute approximate surface area is 108 Å². The number of amides is 1. The maximum absolute atomic E-state index is 11.9. The van der Waals surface area contributed by atoms with Gasteiger partial charge in [0.25, 0.3) is 5.91 Å². The van der Waals surface area contributed by atoms with E-state index < -0.39 is 6.10 Å². The molecule has 16 heavy (non-hydrogen) atoms. The Morgan fingerprint density at radius 1 is 1.69 bits per heavy atom. The first kappa shape index (κ1) is 16.0. The van der Waals surface area contributed by atoms with Gasteiger partial charge in [-0.05, 0) is 6.42 Å². The summed E-state index contributed by atoms with van der Waals surface area (Å²) in [6, 6.07) is 0. The molecule has 2 unspecified atom stereocenters. The molecule has 0 aromatic rings. The van der Waals surface area contributed by atoms with E-state index in [9.17, 15) is 4.79 Å². The summed E-state index contributed by atoms with van der Waals surface area (Å²) >= 11 is 1.95. The number of carbonyl (C=O) groups excluding carboxylic acids is 1. The molecule has 0 bridgehead atoms. The predicted molar refractivity (Wildman–Crippen MR) is 70.2 cm³/mol. The molecule has 1 rings (SSSR count). The van der Waals surface area contributed by atoms with Crippen LogP contribution in [0.25, 0.3) is 0 Å². The van der Waals surface area contributed by atoms with E-state index in [0.29, 0.717) is 5.25 Å². The van der Waals surface area contributed by atoms with Gasteiger partial charge in [0.2, 0.25) is 0 Å². The van der Waals surface area contributed by atoms with Gasteiger partial charge in [0, 0.05) is 37.7 Å². The highest BCUT2D eigenvalue weighted by Crippen LogP contribution is 2.21. The molecule has 0 aromatic carbocycles. The Kier molecular flexibility index (Phi) is 8.18.